The molecule has 9 nitrogen and oxygen atoms in total. The molecule has 37 heavy (non-hydrogen) atoms. The summed E-state index contributed by atoms with van der Waals surface area (Å²) in [6.45, 7) is 2.40. The van der Waals surface area contributed by atoms with Gasteiger partial charge in [0.1, 0.15) is 30.3 Å². The van der Waals surface area contributed by atoms with E-state index in [0.29, 0.717) is 42.1 Å². The van der Waals surface area contributed by atoms with Gasteiger partial charge < -0.3 is 19.9 Å². The van der Waals surface area contributed by atoms with Gasteiger partial charge in [-0.05, 0) is 49.7 Å². The molecule has 3 heterocycles. The van der Waals surface area contributed by atoms with Crippen LogP contribution in [0.5, 0.6) is 11.5 Å². The summed E-state index contributed by atoms with van der Waals surface area (Å²) in [6, 6.07) is 11.2. The Morgan fingerprint density at radius 2 is 2.11 bits per heavy atom. The summed E-state index contributed by atoms with van der Waals surface area (Å²) in [5.74, 6) is 1.29. The molecule has 2 N–H and O–H groups in total. The molecule has 0 aliphatic carbocycles. The van der Waals surface area contributed by atoms with Crippen LogP contribution < -0.4 is 14.8 Å². The van der Waals surface area contributed by atoms with Gasteiger partial charge in [0.05, 0.1) is 40.3 Å². The summed E-state index contributed by atoms with van der Waals surface area (Å²) in [5, 5.41) is 15.6. The number of nitrogens with one attached hydrogen (secondary N) is 1. The van der Waals surface area contributed by atoms with Crippen molar-refractivity contribution in [2.24, 2.45) is 5.92 Å². The van der Waals surface area contributed by atoms with Crippen molar-refractivity contribution in [2.75, 3.05) is 31.6 Å². The molecule has 0 saturated carbocycles. The molecule has 1 aliphatic heterocycles. The van der Waals surface area contributed by atoms with Gasteiger partial charge in [-0.15, -0.1) is 11.3 Å². The Morgan fingerprint density at radius 1 is 1.19 bits per heavy atom. The van der Waals surface area contributed by atoms with Crippen LogP contribution in [0.2, 0.25) is 5.02 Å². The van der Waals surface area contributed by atoms with Crippen LogP contribution >= 0.6 is 22.9 Å². The monoisotopic (exact) mass is 539 g/mol. The number of aliphatic carboxylic acids is 1. The Labute approximate surface area is 223 Å². The van der Waals surface area contributed by atoms with Gasteiger partial charge in [-0.2, -0.15) is 0 Å². The van der Waals surface area contributed by atoms with Crippen LogP contribution in [0, 0.1) is 5.92 Å². The number of carboxylic acid groups (broad SMARTS) is 1. The van der Waals surface area contributed by atoms with E-state index in [1.54, 1.807) is 11.6 Å². The van der Waals surface area contributed by atoms with E-state index >= 15 is 0 Å². The Morgan fingerprint density at radius 3 is 2.92 bits per heavy atom. The first-order chi connectivity index (χ1) is 18.0. The van der Waals surface area contributed by atoms with E-state index in [0.717, 1.165) is 41.7 Å². The van der Waals surface area contributed by atoms with Gasteiger partial charge in [0.2, 0.25) is 0 Å². The second-order valence-corrected chi connectivity index (χ2v) is 9.99. The van der Waals surface area contributed by atoms with E-state index in [1.165, 1.54) is 17.7 Å². The van der Waals surface area contributed by atoms with Gasteiger partial charge >= 0.3 is 5.97 Å². The summed E-state index contributed by atoms with van der Waals surface area (Å²) >= 11 is 8.00. The van der Waals surface area contributed by atoms with Crippen molar-refractivity contribution in [1.82, 2.24) is 19.9 Å². The minimum absolute atomic E-state index is 0.0595. The van der Waals surface area contributed by atoms with E-state index < -0.39 is 5.97 Å². The number of likely N-dealkylation sites (tertiary alicyclic amines) is 1. The molecular formula is C26H26ClN5O4S. The largest absolute Gasteiger partial charge is 0.492 e. The normalized spacial score (nSPS) is 16.0. The van der Waals surface area contributed by atoms with Crippen LogP contribution in [0.15, 0.2) is 53.6 Å². The number of carboxylic acids is 1. The maximum absolute atomic E-state index is 11.1. The minimum atomic E-state index is -0.803. The fourth-order valence-electron chi connectivity index (χ4n) is 4.42. The lowest BCUT2D eigenvalue weighted by atomic mass is 9.99. The highest BCUT2D eigenvalue weighted by Crippen LogP contribution is 2.34. The quantitative estimate of drug-likeness (QED) is 0.279. The molecule has 1 aliphatic rings. The predicted molar refractivity (Wildman–Crippen MR) is 143 cm³/mol. The van der Waals surface area contributed by atoms with E-state index in [1.807, 2.05) is 40.6 Å². The molecule has 0 bridgehead atoms. The number of hydrogen-bond acceptors (Lipinski definition) is 9. The Balaban J connectivity index is 1.30. The van der Waals surface area contributed by atoms with Gasteiger partial charge in [0, 0.05) is 23.5 Å². The summed E-state index contributed by atoms with van der Waals surface area (Å²) in [6.07, 6.45) is 3.46. The van der Waals surface area contributed by atoms with Crippen LogP contribution in [0.1, 0.15) is 18.5 Å². The molecule has 0 amide bonds. The molecule has 4 aromatic rings. The van der Waals surface area contributed by atoms with Crippen molar-refractivity contribution in [3.8, 4) is 11.5 Å². The number of thiazole rings is 1. The lowest BCUT2D eigenvalue weighted by molar-refractivity contribution is -0.138. The molecular weight excluding hydrogens is 514 g/mol. The first kappa shape index (κ1) is 25.2. The lowest BCUT2D eigenvalue weighted by Gasteiger charge is -2.31. The van der Waals surface area contributed by atoms with Crippen LogP contribution in [0.4, 0.5) is 11.5 Å². The lowest BCUT2D eigenvalue weighted by Crippen LogP contribution is -2.40. The van der Waals surface area contributed by atoms with Crippen molar-refractivity contribution in [2.45, 2.75) is 19.4 Å². The number of carbonyl (C=O) groups is 1. The van der Waals surface area contributed by atoms with E-state index in [4.69, 9.17) is 26.2 Å². The molecule has 0 radical (unpaired) electrons. The zero-order chi connectivity index (χ0) is 25.6. The highest BCUT2D eigenvalue weighted by Gasteiger charge is 2.22. The molecule has 1 atom stereocenters. The van der Waals surface area contributed by atoms with Gasteiger partial charge in [-0.3, -0.25) is 9.69 Å². The predicted octanol–water partition coefficient (Wildman–Crippen LogP) is 5.24. The second-order valence-electron chi connectivity index (χ2n) is 8.86. The van der Waals surface area contributed by atoms with Gasteiger partial charge in [-0.25, -0.2) is 15.0 Å². The minimum Gasteiger partial charge on any atom is -0.492 e. The molecule has 1 fully saturated rings. The fraction of sp³-hybridized carbons (Fsp3) is 0.308. The maximum atomic E-state index is 11.1. The van der Waals surface area contributed by atoms with Crippen LogP contribution in [0.3, 0.4) is 0 Å². The molecule has 2 aromatic carbocycles. The van der Waals surface area contributed by atoms with Crippen molar-refractivity contribution >= 4 is 51.3 Å². The molecule has 0 spiro atoms. The van der Waals surface area contributed by atoms with E-state index in [-0.39, 0.29) is 12.5 Å². The molecule has 1 saturated heterocycles. The number of aromatic nitrogens is 3. The SMILES string of the molecule is O=C(O)CN1CCC[C@@H](COc2cccc3ncnc(Nc4ccc(OCc5cscn5)c(Cl)c4)c23)C1. The molecule has 0 unspecified atom stereocenters. The zero-order valence-electron chi connectivity index (χ0n) is 20.0. The number of nitrogens with zero attached hydrogens (tertiary/aromatic N) is 4. The molecule has 5 rings (SSSR count). The number of piperidine rings is 1. The van der Waals surface area contributed by atoms with Gasteiger partial charge in [0.15, 0.2) is 0 Å². The summed E-state index contributed by atoms with van der Waals surface area (Å²) in [7, 11) is 0. The standard InChI is InChI=1S/C26H26ClN5O4S/c27-20-9-18(6-7-22(20)36-13-19-14-37-16-30-19)31-26-25-21(28-15-29-26)4-1-5-23(25)35-12-17-3-2-8-32(10-17)11-24(33)34/h1,4-7,9,14-17H,2-3,8,10-13H2,(H,33,34)(H,28,29,31)/t17-/m1/s1. The van der Waals surface area contributed by atoms with Crippen LogP contribution in [-0.2, 0) is 11.4 Å². The average molecular weight is 540 g/mol. The number of fused-ring (bicyclic) bond motifs is 1. The third-order valence-electron chi connectivity index (χ3n) is 6.11. The first-order valence-corrected chi connectivity index (χ1v) is 13.2. The number of anilines is 2. The van der Waals surface area contributed by atoms with Crippen LogP contribution in [-0.4, -0.2) is 57.2 Å². The molecule has 192 valence electrons. The molecule has 2 aromatic heterocycles. The van der Waals surface area contributed by atoms with Crippen molar-refractivity contribution < 1.29 is 19.4 Å². The van der Waals surface area contributed by atoms with Crippen molar-refractivity contribution in [3.05, 3.63) is 64.3 Å². The highest BCUT2D eigenvalue weighted by molar-refractivity contribution is 7.07. The highest BCUT2D eigenvalue weighted by atomic mass is 35.5. The smallest absolute Gasteiger partial charge is 0.317 e. The number of hydrogen-bond donors (Lipinski definition) is 2. The second kappa shape index (κ2) is 11.7. The topological polar surface area (TPSA) is 110 Å². The Hall–Kier alpha value is -3.47. The third-order valence-corrected chi connectivity index (χ3v) is 7.05. The fourth-order valence-corrected chi connectivity index (χ4v) is 5.19. The molecule has 11 heteroatoms. The summed E-state index contributed by atoms with van der Waals surface area (Å²) in [5.41, 5.74) is 4.12. The summed E-state index contributed by atoms with van der Waals surface area (Å²) in [4.78, 5) is 26.2. The Kier molecular flexibility index (Phi) is 7.98. The van der Waals surface area contributed by atoms with Gasteiger partial charge in [-0.1, -0.05) is 17.7 Å². The van der Waals surface area contributed by atoms with E-state index in [2.05, 4.69) is 20.3 Å². The number of ether oxygens (including phenoxy) is 2. The summed E-state index contributed by atoms with van der Waals surface area (Å²) < 4.78 is 12.1. The first-order valence-electron chi connectivity index (χ1n) is 11.9. The maximum Gasteiger partial charge on any atom is 0.317 e. The van der Waals surface area contributed by atoms with Crippen LogP contribution in [0.25, 0.3) is 10.9 Å². The number of benzene rings is 2. The Bertz CT molecular complexity index is 1370. The van der Waals surface area contributed by atoms with Crippen molar-refractivity contribution in [1.29, 1.82) is 0 Å². The zero-order valence-corrected chi connectivity index (χ0v) is 21.5. The number of halogens is 1. The average Bonchev–Trinajstić information content (AvgIpc) is 3.41. The van der Waals surface area contributed by atoms with Gasteiger partial charge in [0.25, 0.3) is 0 Å². The number of rotatable bonds is 10. The third kappa shape index (κ3) is 6.46. The van der Waals surface area contributed by atoms with Crippen molar-refractivity contribution in [3.63, 3.8) is 0 Å². The van der Waals surface area contributed by atoms with E-state index in [9.17, 15) is 4.79 Å².